The van der Waals surface area contributed by atoms with Crippen LogP contribution >= 0.6 is 11.6 Å². The number of sulfonamides is 1. The number of benzene rings is 1. The Kier molecular flexibility index (Phi) is 4.84. The smallest absolute Gasteiger partial charge is 0.264 e. The zero-order valence-electron chi connectivity index (χ0n) is 14.5. The van der Waals surface area contributed by atoms with Gasteiger partial charge in [0, 0.05) is 30.4 Å². The lowest BCUT2D eigenvalue weighted by atomic mass is 10.2. The van der Waals surface area contributed by atoms with Crippen molar-refractivity contribution in [3.05, 3.63) is 53.6 Å². The molecule has 1 aliphatic rings. The molecule has 0 saturated heterocycles. The van der Waals surface area contributed by atoms with E-state index in [2.05, 4.69) is 24.5 Å². The molecule has 3 heterocycles. The minimum Gasteiger partial charge on any atom is -0.311 e. The zero-order chi connectivity index (χ0) is 18.9. The SMILES string of the molecule is O=S(=O)(Nc1ccc(-c2nnc3n2CCCCC3)cc1)c1cccnc1Cl. The summed E-state index contributed by atoms with van der Waals surface area (Å²) in [5.74, 6) is 1.83. The molecule has 1 aromatic carbocycles. The van der Waals surface area contributed by atoms with Crippen LogP contribution in [0, 0.1) is 0 Å². The molecule has 0 unspecified atom stereocenters. The van der Waals surface area contributed by atoms with Crippen LogP contribution in [0.25, 0.3) is 11.4 Å². The number of nitrogens with zero attached hydrogens (tertiary/aromatic N) is 4. The van der Waals surface area contributed by atoms with Crippen LogP contribution in [0.4, 0.5) is 5.69 Å². The normalized spacial score (nSPS) is 14.4. The van der Waals surface area contributed by atoms with Gasteiger partial charge in [-0.15, -0.1) is 10.2 Å². The molecule has 4 rings (SSSR count). The van der Waals surface area contributed by atoms with Crippen molar-refractivity contribution in [2.75, 3.05) is 4.72 Å². The van der Waals surface area contributed by atoms with Crippen LogP contribution in [0.3, 0.4) is 0 Å². The third-order valence-corrected chi connectivity index (χ3v) is 6.35. The first-order valence-electron chi connectivity index (χ1n) is 8.70. The second kappa shape index (κ2) is 7.28. The highest BCUT2D eigenvalue weighted by atomic mass is 35.5. The fourth-order valence-corrected chi connectivity index (χ4v) is 4.68. The first-order valence-corrected chi connectivity index (χ1v) is 10.6. The van der Waals surface area contributed by atoms with E-state index in [1.165, 1.54) is 24.8 Å². The van der Waals surface area contributed by atoms with Gasteiger partial charge < -0.3 is 4.57 Å². The number of halogens is 1. The number of aryl methyl sites for hydroxylation is 1. The summed E-state index contributed by atoms with van der Waals surface area (Å²) in [4.78, 5) is 3.75. The van der Waals surface area contributed by atoms with Gasteiger partial charge in [-0.1, -0.05) is 18.0 Å². The molecule has 27 heavy (non-hydrogen) atoms. The van der Waals surface area contributed by atoms with Crippen molar-refractivity contribution in [2.45, 2.75) is 37.1 Å². The second-order valence-electron chi connectivity index (χ2n) is 6.38. The van der Waals surface area contributed by atoms with Crippen LogP contribution in [-0.4, -0.2) is 28.2 Å². The minimum absolute atomic E-state index is 0.0569. The molecule has 3 aromatic rings. The van der Waals surface area contributed by atoms with Crippen molar-refractivity contribution >= 4 is 27.3 Å². The van der Waals surface area contributed by atoms with E-state index in [4.69, 9.17) is 11.6 Å². The average Bonchev–Trinajstić information content (AvgIpc) is 2.90. The molecule has 0 amide bonds. The van der Waals surface area contributed by atoms with Crippen LogP contribution < -0.4 is 4.72 Å². The molecule has 0 fully saturated rings. The highest BCUT2D eigenvalue weighted by molar-refractivity contribution is 7.92. The summed E-state index contributed by atoms with van der Waals surface area (Å²) >= 11 is 5.90. The van der Waals surface area contributed by atoms with E-state index in [9.17, 15) is 8.42 Å². The van der Waals surface area contributed by atoms with Gasteiger partial charge in [0.05, 0.1) is 0 Å². The number of pyridine rings is 1. The van der Waals surface area contributed by atoms with E-state index in [1.54, 1.807) is 12.1 Å². The topological polar surface area (TPSA) is 89.8 Å². The first-order chi connectivity index (χ1) is 13.0. The summed E-state index contributed by atoms with van der Waals surface area (Å²) in [6, 6.07) is 10.0. The molecule has 0 atom stereocenters. The summed E-state index contributed by atoms with van der Waals surface area (Å²) < 4.78 is 29.7. The third kappa shape index (κ3) is 3.68. The van der Waals surface area contributed by atoms with E-state index in [0.29, 0.717) is 5.69 Å². The van der Waals surface area contributed by atoms with Crippen LogP contribution in [0.1, 0.15) is 25.1 Å². The fourth-order valence-electron chi connectivity index (χ4n) is 3.17. The molecule has 0 saturated carbocycles. The Morgan fingerprint density at radius 2 is 1.85 bits per heavy atom. The maximum Gasteiger partial charge on any atom is 0.264 e. The third-order valence-electron chi connectivity index (χ3n) is 4.52. The van der Waals surface area contributed by atoms with Crippen molar-refractivity contribution in [1.82, 2.24) is 19.7 Å². The number of aromatic nitrogens is 4. The van der Waals surface area contributed by atoms with E-state index in [0.717, 1.165) is 43.0 Å². The Balaban J connectivity index is 1.58. The van der Waals surface area contributed by atoms with Gasteiger partial charge in [-0.3, -0.25) is 4.72 Å². The Morgan fingerprint density at radius 1 is 1.04 bits per heavy atom. The lowest BCUT2D eigenvalue weighted by molar-refractivity contribution is 0.601. The van der Waals surface area contributed by atoms with Gasteiger partial charge in [-0.2, -0.15) is 0 Å². The molecular formula is C18H18ClN5O2S. The Bertz CT molecular complexity index is 1060. The molecule has 0 bridgehead atoms. The van der Waals surface area contributed by atoms with Gasteiger partial charge in [0.25, 0.3) is 10.0 Å². The average molecular weight is 404 g/mol. The molecule has 7 nitrogen and oxygen atoms in total. The minimum atomic E-state index is -3.81. The van der Waals surface area contributed by atoms with Gasteiger partial charge >= 0.3 is 0 Å². The fraction of sp³-hybridized carbons (Fsp3) is 0.278. The number of fused-ring (bicyclic) bond motifs is 1. The lowest BCUT2D eigenvalue weighted by Crippen LogP contribution is -2.13. The van der Waals surface area contributed by atoms with Crippen LogP contribution in [0.5, 0.6) is 0 Å². The molecule has 9 heteroatoms. The van der Waals surface area contributed by atoms with Gasteiger partial charge in [0.1, 0.15) is 15.9 Å². The maximum absolute atomic E-state index is 12.5. The van der Waals surface area contributed by atoms with Crippen molar-refractivity contribution in [1.29, 1.82) is 0 Å². The second-order valence-corrected chi connectivity index (χ2v) is 8.39. The zero-order valence-corrected chi connectivity index (χ0v) is 16.0. The summed E-state index contributed by atoms with van der Waals surface area (Å²) in [6.07, 6.45) is 5.83. The number of nitrogens with one attached hydrogen (secondary N) is 1. The Morgan fingerprint density at radius 3 is 2.63 bits per heavy atom. The highest BCUT2D eigenvalue weighted by Crippen LogP contribution is 2.26. The van der Waals surface area contributed by atoms with Gasteiger partial charge in [-0.25, -0.2) is 13.4 Å². The Hall–Kier alpha value is -2.45. The van der Waals surface area contributed by atoms with Crippen LogP contribution in [-0.2, 0) is 23.0 Å². The number of hydrogen-bond acceptors (Lipinski definition) is 5. The Labute approximate surface area is 162 Å². The maximum atomic E-state index is 12.5. The summed E-state index contributed by atoms with van der Waals surface area (Å²) in [6.45, 7) is 0.908. The van der Waals surface area contributed by atoms with E-state index >= 15 is 0 Å². The van der Waals surface area contributed by atoms with Crippen molar-refractivity contribution in [3.8, 4) is 11.4 Å². The summed E-state index contributed by atoms with van der Waals surface area (Å²) in [5.41, 5.74) is 1.34. The lowest BCUT2D eigenvalue weighted by Gasteiger charge is -2.10. The molecule has 1 N–H and O–H groups in total. The van der Waals surface area contributed by atoms with Crippen molar-refractivity contribution in [3.63, 3.8) is 0 Å². The van der Waals surface area contributed by atoms with Gasteiger partial charge in [0.2, 0.25) is 0 Å². The molecule has 140 valence electrons. The number of rotatable bonds is 4. The molecular weight excluding hydrogens is 386 g/mol. The highest BCUT2D eigenvalue weighted by Gasteiger charge is 2.19. The molecule has 0 aliphatic carbocycles. The van der Waals surface area contributed by atoms with Crippen molar-refractivity contribution < 1.29 is 8.42 Å². The summed E-state index contributed by atoms with van der Waals surface area (Å²) in [7, 11) is -3.81. The quantitative estimate of drug-likeness (QED) is 0.673. The van der Waals surface area contributed by atoms with E-state index in [1.807, 2.05) is 12.1 Å². The molecule has 0 spiro atoms. The molecule has 1 aliphatic heterocycles. The van der Waals surface area contributed by atoms with Gasteiger partial charge in [-0.05, 0) is 49.2 Å². The van der Waals surface area contributed by atoms with Crippen molar-refractivity contribution in [2.24, 2.45) is 0 Å². The predicted molar refractivity (Wildman–Crippen MR) is 103 cm³/mol. The first kappa shape index (κ1) is 17.9. The number of anilines is 1. The largest absolute Gasteiger partial charge is 0.311 e. The molecule has 2 aromatic heterocycles. The monoisotopic (exact) mass is 403 g/mol. The van der Waals surface area contributed by atoms with Crippen LogP contribution in [0.2, 0.25) is 5.15 Å². The summed E-state index contributed by atoms with van der Waals surface area (Å²) in [5, 5.41) is 8.56. The number of hydrogen-bond donors (Lipinski definition) is 1. The van der Waals surface area contributed by atoms with E-state index in [-0.39, 0.29) is 10.0 Å². The standard InChI is InChI=1S/C18H18ClN5O2S/c19-17-15(5-4-11-20-17)27(25,26)23-14-9-7-13(8-10-14)18-22-21-16-6-2-1-3-12-24(16)18/h4-5,7-11,23H,1-3,6,12H2. The predicted octanol–water partition coefficient (Wildman–Crippen LogP) is 3.52. The van der Waals surface area contributed by atoms with Gasteiger partial charge in [0.15, 0.2) is 5.82 Å². The van der Waals surface area contributed by atoms with Crippen LogP contribution in [0.15, 0.2) is 47.5 Å². The molecule has 0 radical (unpaired) electrons. The van der Waals surface area contributed by atoms with E-state index < -0.39 is 10.0 Å².